The molecule has 0 spiro atoms. The lowest BCUT2D eigenvalue weighted by Gasteiger charge is -2.29. The first-order valence-electron chi connectivity index (χ1n) is 10.8. The summed E-state index contributed by atoms with van der Waals surface area (Å²) in [6, 6.07) is 7.95. The number of sulfonamides is 2. The zero-order valence-electron chi connectivity index (χ0n) is 19.5. The van der Waals surface area contributed by atoms with Gasteiger partial charge in [-0.3, -0.25) is 9.59 Å². The van der Waals surface area contributed by atoms with Gasteiger partial charge in [0.1, 0.15) is 14.9 Å². The molecule has 0 unspecified atom stereocenters. The van der Waals surface area contributed by atoms with Crippen LogP contribution in [0.3, 0.4) is 0 Å². The highest BCUT2D eigenvalue weighted by Gasteiger charge is 2.36. The predicted octanol–water partition coefficient (Wildman–Crippen LogP) is 3.83. The first kappa shape index (κ1) is 27.1. The van der Waals surface area contributed by atoms with Crippen LogP contribution >= 0.6 is 34.5 Å². The highest BCUT2D eigenvalue weighted by atomic mass is 35.5. The van der Waals surface area contributed by atoms with Crippen LogP contribution < -0.4 is 20.3 Å². The van der Waals surface area contributed by atoms with Crippen molar-refractivity contribution in [2.75, 3.05) is 15.5 Å². The molecular formula is C22H15Cl2N5O7S3. The summed E-state index contributed by atoms with van der Waals surface area (Å²) in [5, 5.41) is 5.03. The van der Waals surface area contributed by atoms with Crippen molar-refractivity contribution < 1.29 is 31.2 Å². The quantitative estimate of drug-likeness (QED) is 0.366. The molecule has 202 valence electrons. The first-order chi connectivity index (χ1) is 18.2. The topological polar surface area (TPSA) is 171 Å². The van der Waals surface area contributed by atoms with Crippen molar-refractivity contribution in [2.24, 2.45) is 4.40 Å². The highest BCUT2D eigenvalue weighted by molar-refractivity contribution is 7.92. The van der Waals surface area contributed by atoms with Crippen LogP contribution in [0.25, 0.3) is 0 Å². The molecule has 4 amide bonds. The maximum absolute atomic E-state index is 13.3. The number of thiophene rings is 1. The van der Waals surface area contributed by atoms with Crippen LogP contribution in [0.1, 0.15) is 22.8 Å². The van der Waals surface area contributed by atoms with Gasteiger partial charge in [-0.1, -0.05) is 23.2 Å². The van der Waals surface area contributed by atoms with Gasteiger partial charge in [0.2, 0.25) is 5.91 Å². The number of nitrogens with one attached hydrogen (secondary N) is 3. The number of hydrogen-bond donors (Lipinski definition) is 3. The van der Waals surface area contributed by atoms with Gasteiger partial charge in [0.05, 0.1) is 27.2 Å². The number of rotatable bonds is 4. The molecule has 1 aromatic heterocycles. The van der Waals surface area contributed by atoms with Crippen molar-refractivity contribution in [3.05, 3.63) is 63.0 Å². The van der Waals surface area contributed by atoms with E-state index in [2.05, 4.69) is 15.0 Å². The van der Waals surface area contributed by atoms with Gasteiger partial charge in [0.25, 0.3) is 26.0 Å². The molecule has 0 saturated carbocycles. The third-order valence-corrected chi connectivity index (χ3v) is 10.3. The molecule has 0 saturated heterocycles. The average Bonchev–Trinajstić information content (AvgIpc) is 3.26. The average molecular weight is 628 g/mol. The van der Waals surface area contributed by atoms with Gasteiger partial charge in [-0.25, -0.2) is 22.8 Å². The Bertz CT molecular complexity index is 1850. The summed E-state index contributed by atoms with van der Waals surface area (Å²) in [5.41, 5.74) is 0.585. The van der Waals surface area contributed by atoms with E-state index in [0.717, 1.165) is 16.2 Å². The number of amides is 4. The Morgan fingerprint density at radius 3 is 2.54 bits per heavy atom. The van der Waals surface area contributed by atoms with E-state index < -0.39 is 37.9 Å². The Balaban J connectivity index is 1.39. The Hall–Kier alpha value is -3.50. The summed E-state index contributed by atoms with van der Waals surface area (Å²) in [4.78, 5) is 39.2. The molecule has 2 aliphatic heterocycles. The standard InChI is InChI=1S/C22H15Cl2N5O7S3/c1-10-25-15-6-11-7-19(30)29(21(31)13(11)9-17(15)38(33,34)27-10)16-3-2-12(8-14(16)23)26-22(32)28-39(35,36)20-5-4-18(24)37-20/h2-6,8-9H,7H2,1H3,(H,25,27)(H2,26,28,32). The van der Waals surface area contributed by atoms with E-state index >= 15 is 0 Å². The lowest BCUT2D eigenvalue weighted by atomic mass is 9.97. The number of fused-ring (bicyclic) bond motifs is 2. The second kappa shape index (κ2) is 9.60. The number of benzene rings is 2. The third-order valence-electron chi connectivity index (χ3n) is 5.57. The Morgan fingerprint density at radius 2 is 1.87 bits per heavy atom. The molecule has 39 heavy (non-hydrogen) atoms. The van der Waals surface area contributed by atoms with Crippen LogP contribution in [0.2, 0.25) is 9.36 Å². The molecular weight excluding hydrogens is 613 g/mol. The van der Waals surface area contributed by atoms with E-state index in [1.54, 1.807) is 0 Å². The summed E-state index contributed by atoms with van der Waals surface area (Å²) >= 11 is 12.9. The minimum absolute atomic E-state index is 0.00925. The van der Waals surface area contributed by atoms with Crippen molar-refractivity contribution in [1.82, 2.24) is 4.72 Å². The van der Waals surface area contributed by atoms with Crippen molar-refractivity contribution in [3.8, 4) is 0 Å². The fourth-order valence-electron chi connectivity index (χ4n) is 3.98. The summed E-state index contributed by atoms with van der Waals surface area (Å²) in [7, 11) is -8.22. The molecule has 12 nitrogen and oxygen atoms in total. The number of amidine groups is 1. The van der Waals surface area contributed by atoms with Crippen LogP contribution in [0.15, 0.2) is 56.0 Å². The van der Waals surface area contributed by atoms with E-state index in [0.29, 0.717) is 5.56 Å². The normalized spacial score (nSPS) is 16.1. The maximum Gasteiger partial charge on any atom is 0.333 e. The molecule has 3 aromatic rings. The first-order valence-corrected chi connectivity index (χ1v) is 15.3. The highest BCUT2D eigenvalue weighted by Crippen LogP contribution is 2.37. The van der Waals surface area contributed by atoms with E-state index in [9.17, 15) is 31.2 Å². The molecule has 5 rings (SSSR count). The molecule has 0 atom stereocenters. The van der Waals surface area contributed by atoms with Gasteiger partial charge >= 0.3 is 6.03 Å². The number of imide groups is 1. The number of nitrogens with zero attached hydrogens (tertiary/aromatic N) is 2. The smallest absolute Gasteiger partial charge is 0.333 e. The lowest BCUT2D eigenvalue weighted by Crippen LogP contribution is -2.43. The lowest BCUT2D eigenvalue weighted by molar-refractivity contribution is -0.117. The van der Waals surface area contributed by atoms with Crippen LogP contribution in [0.4, 0.5) is 21.9 Å². The molecule has 3 N–H and O–H groups in total. The van der Waals surface area contributed by atoms with Crippen molar-refractivity contribution >= 4 is 95.3 Å². The van der Waals surface area contributed by atoms with Crippen LogP contribution in [0.5, 0.6) is 0 Å². The van der Waals surface area contributed by atoms with Gasteiger partial charge in [-0.05, 0) is 55.0 Å². The molecule has 2 aromatic carbocycles. The summed E-state index contributed by atoms with van der Waals surface area (Å²) in [6.45, 7) is 1.47. The largest absolute Gasteiger partial charge is 0.342 e. The number of anilines is 3. The summed E-state index contributed by atoms with van der Waals surface area (Å²) < 4.78 is 55.2. The van der Waals surface area contributed by atoms with E-state index in [1.165, 1.54) is 49.4 Å². The minimum atomic E-state index is -4.17. The Morgan fingerprint density at radius 1 is 1.13 bits per heavy atom. The second-order valence-electron chi connectivity index (χ2n) is 8.28. The number of urea groups is 1. The third kappa shape index (κ3) is 5.10. The fraction of sp³-hybridized carbons (Fsp3) is 0.0909. The summed E-state index contributed by atoms with van der Waals surface area (Å²) in [5.74, 6) is -1.26. The monoisotopic (exact) mass is 627 g/mol. The Labute approximate surface area is 235 Å². The zero-order valence-corrected chi connectivity index (χ0v) is 23.4. The van der Waals surface area contributed by atoms with Crippen LogP contribution in [-0.2, 0) is 31.3 Å². The van der Waals surface area contributed by atoms with E-state index in [-0.39, 0.29) is 53.3 Å². The van der Waals surface area contributed by atoms with Crippen molar-refractivity contribution in [3.63, 3.8) is 0 Å². The SMILES string of the molecule is CC1=NS(=O)(=O)c2cc3c(cc2N1)CC(=O)N(c1ccc(NC(=O)NS(=O)(=O)c2ccc(Cl)s2)cc1Cl)C3=O. The maximum atomic E-state index is 13.3. The van der Waals surface area contributed by atoms with Gasteiger partial charge in [-0.15, -0.1) is 15.7 Å². The molecule has 0 bridgehead atoms. The van der Waals surface area contributed by atoms with Crippen molar-refractivity contribution in [1.29, 1.82) is 0 Å². The predicted molar refractivity (Wildman–Crippen MR) is 146 cm³/mol. The molecule has 2 aliphatic rings. The second-order valence-corrected chi connectivity index (χ2v) is 13.9. The van der Waals surface area contributed by atoms with Crippen LogP contribution in [-0.4, -0.2) is 40.5 Å². The minimum Gasteiger partial charge on any atom is -0.342 e. The van der Waals surface area contributed by atoms with Gasteiger partial charge in [0, 0.05) is 11.3 Å². The van der Waals surface area contributed by atoms with Crippen molar-refractivity contribution in [2.45, 2.75) is 22.4 Å². The van der Waals surface area contributed by atoms with E-state index in [4.69, 9.17) is 23.2 Å². The molecule has 0 fully saturated rings. The number of hydrogen-bond acceptors (Lipinski definition) is 9. The molecule has 0 aliphatic carbocycles. The number of carbonyl (C=O) groups excluding carboxylic acids is 3. The fourth-order valence-corrected chi connectivity index (χ4v) is 7.80. The molecule has 0 radical (unpaired) electrons. The van der Waals surface area contributed by atoms with Gasteiger partial charge < -0.3 is 10.6 Å². The van der Waals surface area contributed by atoms with E-state index in [1.807, 2.05) is 4.72 Å². The molecule has 17 heteroatoms. The van der Waals surface area contributed by atoms with Gasteiger partial charge in [-0.2, -0.15) is 8.42 Å². The van der Waals surface area contributed by atoms with Gasteiger partial charge in [0.15, 0.2) is 0 Å². The van der Waals surface area contributed by atoms with Crippen LogP contribution in [0, 0.1) is 0 Å². The summed E-state index contributed by atoms with van der Waals surface area (Å²) in [6.07, 6.45) is -0.213. The number of halogens is 2. The number of carbonyl (C=O) groups is 3. The zero-order chi connectivity index (χ0) is 28.3. The molecule has 3 heterocycles. The Kier molecular flexibility index (Phi) is 6.67.